The number of halogens is 1. The van der Waals surface area contributed by atoms with E-state index in [1.165, 1.54) is 4.90 Å². The molecule has 0 atom stereocenters. The minimum atomic E-state index is -0.192. The molecule has 0 saturated heterocycles. The molecule has 1 aromatic carbocycles. The highest BCUT2D eigenvalue weighted by Crippen LogP contribution is 2.17. The predicted molar refractivity (Wildman–Crippen MR) is 61.7 cm³/mol. The van der Waals surface area contributed by atoms with Gasteiger partial charge in [0.1, 0.15) is 0 Å². The molecule has 1 rings (SSSR count). The van der Waals surface area contributed by atoms with Gasteiger partial charge < -0.3 is 10.6 Å². The summed E-state index contributed by atoms with van der Waals surface area (Å²) in [5.74, 6) is 2.20. The van der Waals surface area contributed by atoms with Gasteiger partial charge >= 0.3 is 0 Å². The Labute approximate surface area is 93.8 Å². The van der Waals surface area contributed by atoms with E-state index < -0.39 is 0 Å². The molecule has 0 aliphatic carbocycles. The number of nitrogens with zero attached hydrogens (tertiary/aromatic N) is 1. The fraction of sp³-hybridized carbons (Fsp3) is 0.182. The van der Waals surface area contributed by atoms with Gasteiger partial charge in [-0.1, -0.05) is 17.5 Å². The van der Waals surface area contributed by atoms with E-state index in [0.717, 1.165) is 0 Å². The molecule has 3 nitrogen and oxygen atoms in total. The highest BCUT2D eigenvalue weighted by molar-refractivity contribution is 6.31. The van der Waals surface area contributed by atoms with E-state index in [1.807, 2.05) is 0 Å². The minimum absolute atomic E-state index is 0.192. The van der Waals surface area contributed by atoms with Crippen molar-refractivity contribution in [2.75, 3.05) is 19.3 Å². The SMILES string of the molecule is C#CCN(C)C(=O)c1cc(N)cc(Cl)c1. The van der Waals surface area contributed by atoms with Gasteiger partial charge in [0.25, 0.3) is 5.91 Å². The molecular formula is C11H11ClN2O. The van der Waals surface area contributed by atoms with Gasteiger partial charge in [-0.05, 0) is 18.2 Å². The van der Waals surface area contributed by atoms with E-state index in [2.05, 4.69) is 5.92 Å². The first-order valence-corrected chi connectivity index (χ1v) is 4.67. The van der Waals surface area contributed by atoms with Crippen molar-refractivity contribution in [2.45, 2.75) is 0 Å². The average Bonchev–Trinajstić information content (AvgIpc) is 2.15. The highest BCUT2D eigenvalue weighted by Gasteiger charge is 2.11. The molecule has 2 N–H and O–H groups in total. The van der Waals surface area contributed by atoms with E-state index in [4.69, 9.17) is 23.8 Å². The number of hydrogen-bond acceptors (Lipinski definition) is 2. The Morgan fingerprint density at radius 2 is 2.27 bits per heavy atom. The molecule has 0 radical (unpaired) electrons. The molecule has 1 amide bonds. The summed E-state index contributed by atoms with van der Waals surface area (Å²) in [6.07, 6.45) is 5.11. The van der Waals surface area contributed by atoms with E-state index in [9.17, 15) is 4.79 Å². The molecule has 0 aromatic heterocycles. The lowest BCUT2D eigenvalue weighted by atomic mass is 10.2. The molecule has 4 heteroatoms. The van der Waals surface area contributed by atoms with E-state index in [1.54, 1.807) is 25.2 Å². The lowest BCUT2D eigenvalue weighted by molar-refractivity contribution is 0.0812. The Balaban J connectivity index is 2.97. The monoisotopic (exact) mass is 222 g/mol. The van der Waals surface area contributed by atoms with Crippen molar-refractivity contribution in [2.24, 2.45) is 0 Å². The summed E-state index contributed by atoms with van der Waals surface area (Å²) < 4.78 is 0. The number of carbonyl (C=O) groups is 1. The zero-order valence-corrected chi connectivity index (χ0v) is 9.08. The topological polar surface area (TPSA) is 46.3 Å². The molecule has 0 heterocycles. The number of nitrogen functional groups attached to an aromatic ring is 1. The first kappa shape index (κ1) is 11.4. The van der Waals surface area contributed by atoms with Gasteiger partial charge in [-0.15, -0.1) is 6.42 Å². The third-order valence-electron chi connectivity index (χ3n) is 1.84. The Morgan fingerprint density at radius 1 is 1.60 bits per heavy atom. The zero-order chi connectivity index (χ0) is 11.4. The van der Waals surface area contributed by atoms with Crippen LogP contribution in [-0.2, 0) is 0 Å². The largest absolute Gasteiger partial charge is 0.399 e. The molecule has 0 bridgehead atoms. The Bertz CT molecular complexity index is 403. The minimum Gasteiger partial charge on any atom is -0.399 e. The summed E-state index contributed by atoms with van der Waals surface area (Å²) in [6, 6.07) is 4.72. The van der Waals surface area contributed by atoms with Crippen LogP contribution in [0.3, 0.4) is 0 Å². The fourth-order valence-electron chi connectivity index (χ4n) is 1.16. The third kappa shape index (κ3) is 2.90. The Kier molecular flexibility index (Phi) is 3.59. The summed E-state index contributed by atoms with van der Waals surface area (Å²) in [7, 11) is 1.62. The van der Waals surface area contributed by atoms with Crippen LogP contribution in [0.25, 0.3) is 0 Å². The Morgan fingerprint density at radius 3 is 2.80 bits per heavy atom. The van der Waals surface area contributed by atoms with Crippen LogP contribution in [0.1, 0.15) is 10.4 Å². The number of anilines is 1. The van der Waals surface area contributed by atoms with Gasteiger partial charge in [-0.3, -0.25) is 4.79 Å². The van der Waals surface area contributed by atoms with E-state index in [0.29, 0.717) is 16.3 Å². The fourth-order valence-corrected chi connectivity index (χ4v) is 1.41. The van der Waals surface area contributed by atoms with Gasteiger partial charge in [-0.25, -0.2) is 0 Å². The molecule has 0 fully saturated rings. The van der Waals surface area contributed by atoms with Crippen LogP contribution in [-0.4, -0.2) is 24.4 Å². The smallest absolute Gasteiger partial charge is 0.254 e. The number of rotatable bonds is 2. The van der Waals surface area contributed by atoms with Crippen molar-refractivity contribution in [3.8, 4) is 12.3 Å². The quantitative estimate of drug-likeness (QED) is 0.611. The second-order valence-corrected chi connectivity index (χ2v) is 3.58. The number of amides is 1. The zero-order valence-electron chi connectivity index (χ0n) is 8.33. The maximum absolute atomic E-state index is 11.8. The van der Waals surface area contributed by atoms with Crippen LogP contribution < -0.4 is 5.73 Å². The van der Waals surface area contributed by atoms with Gasteiger partial charge in [0.05, 0.1) is 6.54 Å². The summed E-state index contributed by atoms with van der Waals surface area (Å²) in [4.78, 5) is 13.2. The molecule has 78 valence electrons. The van der Waals surface area contributed by atoms with Gasteiger partial charge in [0.2, 0.25) is 0 Å². The molecule has 0 spiro atoms. The van der Waals surface area contributed by atoms with E-state index in [-0.39, 0.29) is 12.5 Å². The number of carbonyl (C=O) groups excluding carboxylic acids is 1. The Hall–Kier alpha value is -1.66. The predicted octanol–water partition coefficient (Wildman–Crippen LogP) is 1.63. The van der Waals surface area contributed by atoms with Crippen molar-refractivity contribution in [3.63, 3.8) is 0 Å². The van der Waals surface area contributed by atoms with Crippen LogP contribution in [0.5, 0.6) is 0 Å². The normalized spacial score (nSPS) is 9.40. The summed E-state index contributed by atoms with van der Waals surface area (Å²) in [5, 5.41) is 0.437. The second-order valence-electron chi connectivity index (χ2n) is 3.14. The average molecular weight is 223 g/mol. The lowest BCUT2D eigenvalue weighted by Gasteiger charge is -2.14. The van der Waals surface area contributed by atoms with Crippen LogP contribution in [0.15, 0.2) is 18.2 Å². The summed E-state index contributed by atoms with van der Waals surface area (Å²) in [6.45, 7) is 0.255. The van der Waals surface area contributed by atoms with Crippen LogP contribution in [0.2, 0.25) is 5.02 Å². The number of benzene rings is 1. The van der Waals surface area contributed by atoms with Crippen molar-refractivity contribution in [1.29, 1.82) is 0 Å². The molecule has 15 heavy (non-hydrogen) atoms. The highest BCUT2D eigenvalue weighted by atomic mass is 35.5. The first-order valence-electron chi connectivity index (χ1n) is 4.29. The molecule has 1 aromatic rings. The van der Waals surface area contributed by atoms with Crippen LogP contribution in [0.4, 0.5) is 5.69 Å². The maximum atomic E-state index is 11.8. The number of nitrogens with two attached hydrogens (primary N) is 1. The number of terminal acetylenes is 1. The second kappa shape index (κ2) is 4.72. The van der Waals surface area contributed by atoms with Crippen molar-refractivity contribution < 1.29 is 4.79 Å². The molecule has 0 aliphatic rings. The van der Waals surface area contributed by atoms with Gasteiger partial charge in [0, 0.05) is 23.3 Å². The molecule has 0 saturated carbocycles. The van der Waals surface area contributed by atoms with Crippen molar-refractivity contribution in [3.05, 3.63) is 28.8 Å². The molecule has 0 unspecified atom stereocenters. The van der Waals surface area contributed by atoms with Crippen LogP contribution in [0, 0.1) is 12.3 Å². The van der Waals surface area contributed by atoms with E-state index >= 15 is 0 Å². The standard InChI is InChI=1S/C11H11ClN2O/c1-3-4-14(2)11(15)8-5-9(12)7-10(13)6-8/h1,5-7H,4,13H2,2H3. The molecular weight excluding hydrogens is 212 g/mol. The van der Waals surface area contributed by atoms with Crippen molar-refractivity contribution in [1.82, 2.24) is 4.90 Å². The summed E-state index contributed by atoms with van der Waals surface area (Å²) in [5.41, 5.74) is 6.48. The van der Waals surface area contributed by atoms with Gasteiger partial charge in [-0.2, -0.15) is 0 Å². The van der Waals surface area contributed by atoms with Crippen molar-refractivity contribution >= 4 is 23.2 Å². The summed E-state index contributed by atoms with van der Waals surface area (Å²) >= 11 is 5.78. The van der Waals surface area contributed by atoms with Crippen LogP contribution >= 0.6 is 11.6 Å². The molecule has 0 aliphatic heterocycles. The maximum Gasteiger partial charge on any atom is 0.254 e. The van der Waals surface area contributed by atoms with Gasteiger partial charge in [0.15, 0.2) is 0 Å². The third-order valence-corrected chi connectivity index (χ3v) is 2.06. The lowest BCUT2D eigenvalue weighted by Crippen LogP contribution is -2.26. The number of hydrogen-bond donors (Lipinski definition) is 1. The first-order chi connectivity index (χ1) is 7.04.